The fourth-order valence-corrected chi connectivity index (χ4v) is 4.49. The molecule has 1 aromatic carbocycles. The summed E-state index contributed by atoms with van der Waals surface area (Å²) in [7, 11) is 1.46. The SMILES string of the molecule is CCOC(=O)c1cn2ccc(CC(=O)C(CC)n3cc(OC)c(-c4cc(Cl)ccc4C#N)cc3=O)cc2n1. The molecule has 38 heavy (non-hydrogen) atoms. The third-order valence-electron chi connectivity index (χ3n) is 6.14. The molecule has 4 rings (SSSR count). The van der Waals surface area contributed by atoms with Gasteiger partial charge in [-0.1, -0.05) is 18.5 Å². The lowest BCUT2D eigenvalue weighted by Gasteiger charge is -2.20. The summed E-state index contributed by atoms with van der Waals surface area (Å²) in [5, 5.41) is 9.94. The van der Waals surface area contributed by atoms with Gasteiger partial charge in [0.05, 0.1) is 37.6 Å². The van der Waals surface area contributed by atoms with Crippen molar-refractivity contribution in [2.75, 3.05) is 13.7 Å². The number of pyridine rings is 2. The Morgan fingerprint density at radius 2 is 1.92 bits per heavy atom. The molecule has 0 bridgehead atoms. The molecule has 194 valence electrons. The molecule has 4 aromatic rings. The van der Waals surface area contributed by atoms with Crippen LogP contribution >= 0.6 is 11.6 Å². The number of ketones is 1. The number of hydrogen-bond acceptors (Lipinski definition) is 7. The maximum atomic E-state index is 13.4. The highest BCUT2D eigenvalue weighted by atomic mass is 35.5. The van der Waals surface area contributed by atoms with Crippen molar-refractivity contribution >= 4 is 29.0 Å². The van der Waals surface area contributed by atoms with Gasteiger partial charge in [0, 0.05) is 41.0 Å². The summed E-state index contributed by atoms with van der Waals surface area (Å²) in [6.07, 6.45) is 5.21. The largest absolute Gasteiger partial charge is 0.495 e. The van der Waals surface area contributed by atoms with E-state index < -0.39 is 17.6 Å². The Balaban J connectivity index is 1.65. The zero-order valence-corrected chi connectivity index (χ0v) is 21.9. The molecule has 0 fully saturated rings. The number of carbonyl (C=O) groups is 2. The molecule has 10 heteroatoms. The first-order chi connectivity index (χ1) is 18.3. The van der Waals surface area contributed by atoms with E-state index >= 15 is 0 Å². The molecule has 0 saturated heterocycles. The Morgan fingerprint density at radius 1 is 1.13 bits per heavy atom. The Bertz CT molecular complexity index is 1630. The van der Waals surface area contributed by atoms with Crippen LogP contribution in [0.4, 0.5) is 0 Å². The molecule has 0 aliphatic rings. The Labute approximate surface area is 223 Å². The number of imidazole rings is 1. The minimum Gasteiger partial charge on any atom is -0.495 e. The number of halogens is 1. The molecule has 9 nitrogen and oxygen atoms in total. The molecule has 3 heterocycles. The number of benzene rings is 1. The quantitative estimate of drug-likeness (QED) is 0.288. The lowest BCUT2D eigenvalue weighted by molar-refractivity contribution is -0.121. The standard InChI is InChI=1S/C28H25ClN4O5/c1-4-23(24(34)10-17-8-9-32-15-22(28(36)38-5-2)31-26(32)11-17)33-16-25(37-3)21(13-27(33)35)20-12-19(29)7-6-18(20)14-30/h6-9,11-13,15-16,23H,4-5,10H2,1-3H3. The monoisotopic (exact) mass is 532 g/mol. The molecule has 0 N–H and O–H groups in total. The van der Waals surface area contributed by atoms with Crippen LogP contribution < -0.4 is 10.3 Å². The van der Waals surface area contributed by atoms with Gasteiger partial charge in [-0.25, -0.2) is 9.78 Å². The van der Waals surface area contributed by atoms with E-state index in [1.165, 1.54) is 23.9 Å². The van der Waals surface area contributed by atoms with E-state index in [0.29, 0.717) is 45.1 Å². The predicted octanol–water partition coefficient (Wildman–Crippen LogP) is 4.64. The summed E-state index contributed by atoms with van der Waals surface area (Å²) in [6.45, 7) is 3.79. The van der Waals surface area contributed by atoms with E-state index in [1.807, 2.05) is 6.92 Å². The fraction of sp³-hybridized carbons (Fsp3) is 0.250. The van der Waals surface area contributed by atoms with Crippen LogP contribution in [0.5, 0.6) is 5.75 Å². The van der Waals surface area contributed by atoms with Crippen LogP contribution in [0.25, 0.3) is 16.8 Å². The summed E-state index contributed by atoms with van der Waals surface area (Å²) in [5.74, 6) is -0.359. The van der Waals surface area contributed by atoms with Gasteiger partial charge >= 0.3 is 5.97 Å². The first-order valence-corrected chi connectivity index (χ1v) is 12.3. The number of nitrogens with zero attached hydrogens (tertiary/aromatic N) is 4. The van der Waals surface area contributed by atoms with E-state index in [2.05, 4.69) is 11.1 Å². The number of hydrogen-bond donors (Lipinski definition) is 0. The second-order valence-corrected chi connectivity index (χ2v) is 8.95. The molecule has 1 unspecified atom stereocenters. The number of ether oxygens (including phenoxy) is 2. The normalized spacial score (nSPS) is 11.7. The van der Waals surface area contributed by atoms with Gasteiger partial charge in [-0.15, -0.1) is 0 Å². The molecule has 3 aromatic heterocycles. The number of Topliss-reactive ketones (excluding diaryl/α,β-unsaturated/α-hetero) is 1. The van der Waals surface area contributed by atoms with Crippen molar-refractivity contribution in [2.24, 2.45) is 0 Å². The summed E-state index contributed by atoms with van der Waals surface area (Å²) >= 11 is 6.14. The number of aromatic nitrogens is 3. The molecule has 0 aliphatic carbocycles. The Morgan fingerprint density at radius 3 is 2.61 bits per heavy atom. The highest BCUT2D eigenvalue weighted by molar-refractivity contribution is 6.31. The van der Waals surface area contributed by atoms with Crippen molar-refractivity contribution < 1.29 is 19.1 Å². The Kier molecular flexibility index (Phi) is 7.93. The molecule has 0 aliphatic heterocycles. The summed E-state index contributed by atoms with van der Waals surface area (Å²) in [5.41, 5.74) is 2.19. The van der Waals surface area contributed by atoms with E-state index in [-0.39, 0.29) is 24.5 Å². The summed E-state index contributed by atoms with van der Waals surface area (Å²) in [6, 6.07) is 11.0. The number of methoxy groups -OCH3 is 1. The van der Waals surface area contributed by atoms with E-state index in [1.54, 1.807) is 54.0 Å². The highest BCUT2D eigenvalue weighted by Gasteiger charge is 2.23. The smallest absolute Gasteiger partial charge is 0.358 e. The first-order valence-electron chi connectivity index (χ1n) is 12.0. The number of rotatable bonds is 9. The highest BCUT2D eigenvalue weighted by Crippen LogP contribution is 2.33. The Hall–Kier alpha value is -4.42. The van der Waals surface area contributed by atoms with E-state index in [4.69, 9.17) is 21.1 Å². The molecule has 0 saturated carbocycles. The molecule has 0 amide bonds. The van der Waals surface area contributed by atoms with Crippen LogP contribution in [-0.4, -0.2) is 39.4 Å². The van der Waals surface area contributed by atoms with Gasteiger partial charge in [0.2, 0.25) is 0 Å². The third-order valence-corrected chi connectivity index (χ3v) is 6.37. The summed E-state index contributed by atoms with van der Waals surface area (Å²) in [4.78, 5) is 42.9. The first kappa shape index (κ1) is 26.6. The third kappa shape index (κ3) is 5.31. The van der Waals surface area contributed by atoms with Crippen LogP contribution in [0.15, 0.2) is 59.8 Å². The molecular weight excluding hydrogens is 508 g/mol. The van der Waals surface area contributed by atoms with Crippen molar-refractivity contribution in [2.45, 2.75) is 32.7 Å². The van der Waals surface area contributed by atoms with Gasteiger partial charge < -0.3 is 18.4 Å². The van der Waals surface area contributed by atoms with Crippen molar-refractivity contribution in [3.63, 3.8) is 0 Å². The zero-order chi connectivity index (χ0) is 27.4. The van der Waals surface area contributed by atoms with E-state index in [0.717, 1.165) is 0 Å². The molecule has 1 atom stereocenters. The number of carbonyl (C=O) groups excluding carboxylic acids is 2. The van der Waals surface area contributed by atoms with Gasteiger partial charge in [-0.05, 0) is 49.2 Å². The molecule has 0 spiro atoms. The van der Waals surface area contributed by atoms with Gasteiger partial charge in [0.1, 0.15) is 11.4 Å². The zero-order valence-electron chi connectivity index (χ0n) is 21.1. The predicted molar refractivity (Wildman–Crippen MR) is 142 cm³/mol. The second-order valence-electron chi connectivity index (χ2n) is 8.52. The summed E-state index contributed by atoms with van der Waals surface area (Å²) < 4.78 is 13.6. The second kappa shape index (κ2) is 11.3. The number of esters is 1. The van der Waals surface area contributed by atoms with Crippen molar-refractivity contribution in [1.29, 1.82) is 5.26 Å². The van der Waals surface area contributed by atoms with Crippen LogP contribution in [0.2, 0.25) is 5.02 Å². The van der Waals surface area contributed by atoms with Gasteiger partial charge in [-0.3, -0.25) is 9.59 Å². The van der Waals surface area contributed by atoms with Gasteiger partial charge in [0.25, 0.3) is 5.56 Å². The lowest BCUT2D eigenvalue weighted by Crippen LogP contribution is -2.30. The van der Waals surface area contributed by atoms with Crippen molar-refractivity contribution in [1.82, 2.24) is 14.0 Å². The fourth-order valence-electron chi connectivity index (χ4n) is 4.32. The average molecular weight is 533 g/mol. The maximum absolute atomic E-state index is 13.4. The van der Waals surface area contributed by atoms with Crippen molar-refractivity contribution in [3.05, 3.63) is 87.2 Å². The van der Waals surface area contributed by atoms with Gasteiger partial charge in [0.15, 0.2) is 11.5 Å². The minimum atomic E-state index is -0.744. The maximum Gasteiger partial charge on any atom is 0.358 e. The topological polar surface area (TPSA) is 116 Å². The van der Waals surface area contributed by atoms with Crippen LogP contribution in [-0.2, 0) is 16.0 Å². The molecular formula is C28H25ClN4O5. The van der Waals surface area contributed by atoms with Crippen LogP contribution in [0.3, 0.4) is 0 Å². The van der Waals surface area contributed by atoms with Crippen molar-refractivity contribution in [3.8, 4) is 22.9 Å². The number of fused-ring (bicyclic) bond motifs is 1. The minimum absolute atomic E-state index is 0.0555. The molecule has 0 radical (unpaired) electrons. The van der Waals surface area contributed by atoms with Crippen LogP contribution in [0, 0.1) is 11.3 Å². The van der Waals surface area contributed by atoms with E-state index in [9.17, 15) is 19.6 Å². The van der Waals surface area contributed by atoms with Crippen LogP contribution in [0.1, 0.15) is 47.9 Å². The lowest BCUT2D eigenvalue weighted by atomic mass is 9.99. The van der Waals surface area contributed by atoms with Gasteiger partial charge in [-0.2, -0.15) is 5.26 Å². The average Bonchev–Trinajstić information content (AvgIpc) is 3.33. The number of nitriles is 1.